The zero-order valence-corrected chi connectivity index (χ0v) is 12.6. The molecule has 21 heavy (non-hydrogen) atoms. The van der Waals surface area contributed by atoms with Gasteiger partial charge in [-0.2, -0.15) is 0 Å². The molecule has 0 aromatic heterocycles. The Labute approximate surface area is 127 Å². The molecule has 0 saturated carbocycles. The standard InChI is InChI=1S/C13H17ClN2O5/c1-3-20-13(17)11(15-2)6-7-21-12-8-9(16(18)19)4-5-10(12)14/h4-5,8,11,15H,3,6-7H2,1-2H3. The van der Waals surface area contributed by atoms with Crippen LogP contribution in [0.4, 0.5) is 5.69 Å². The van der Waals surface area contributed by atoms with Gasteiger partial charge in [-0.1, -0.05) is 11.6 Å². The van der Waals surface area contributed by atoms with Crippen molar-refractivity contribution in [2.24, 2.45) is 0 Å². The smallest absolute Gasteiger partial charge is 0.323 e. The molecule has 0 fully saturated rings. The lowest BCUT2D eigenvalue weighted by atomic mass is 10.2. The summed E-state index contributed by atoms with van der Waals surface area (Å²) in [4.78, 5) is 21.7. The number of nitrogens with one attached hydrogen (secondary N) is 1. The van der Waals surface area contributed by atoms with E-state index in [0.29, 0.717) is 13.0 Å². The number of non-ortho nitro benzene ring substituents is 1. The Balaban J connectivity index is 2.60. The van der Waals surface area contributed by atoms with E-state index in [1.807, 2.05) is 0 Å². The molecule has 0 aliphatic rings. The van der Waals surface area contributed by atoms with Crippen LogP contribution in [-0.2, 0) is 9.53 Å². The summed E-state index contributed by atoms with van der Waals surface area (Å²) in [5, 5.41) is 13.8. The zero-order chi connectivity index (χ0) is 15.8. The minimum Gasteiger partial charge on any atom is -0.492 e. The van der Waals surface area contributed by atoms with E-state index in [1.54, 1.807) is 14.0 Å². The first-order valence-corrected chi connectivity index (χ1v) is 6.78. The molecule has 7 nitrogen and oxygen atoms in total. The molecule has 0 amide bonds. The van der Waals surface area contributed by atoms with Crippen molar-refractivity contribution in [1.82, 2.24) is 5.32 Å². The highest BCUT2D eigenvalue weighted by Gasteiger charge is 2.18. The summed E-state index contributed by atoms with van der Waals surface area (Å²) in [6.45, 7) is 2.20. The van der Waals surface area contributed by atoms with Crippen LogP contribution in [0.1, 0.15) is 13.3 Å². The van der Waals surface area contributed by atoms with E-state index >= 15 is 0 Å². The Morgan fingerprint density at radius 2 is 2.24 bits per heavy atom. The number of benzene rings is 1. The molecule has 1 aromatic rings. The molecule has 0 bridgehead atoms. The number of carbonyl (C=O) groups is 1. The highest BCUT2D eigenvalue weighted by atomic mass is 35.5. The average Bonchev–Trinajstić information content (AvgIpc) is 2.45. The Bertz CT molecular complexity index is 509. The number of esters is 1. The van der Waals surface area contributed by atoms with Crippen molar-refractivity contribution in [3.05, 3.63) is 33.3 Å². The number of nitrogens with zero attached hydrogens (tertiary/aromatic N) is 1. The number of halogens is 1. The lowest BCUT2D eigenvalue weighted by Crippen LogP contribution is -2.36. The van der Waals surface area contributed by atoms with E-state index in [-0.39, 0.29) is 29.0 Å². The van der Waals surface area contributed by atoms with Crippen molar-refractivity contribution >= 4 is 23.3 Å². The lowest BCUT2D eigenvalue weighted by Gasteiger charge is -2.15. The first-order valence-electron chi connectivity index (χ1n) is 6.40. The summed E-state index contributed by atoms with van der Waals surface area (Å²) in [6, 6.07) is 3.45. The fraction of sp³-hybridized carbons (Fsp3) is 0.462. The Morgan fingerprint density at radius 1 is 1.52 bits per heavy atom. The van der Waals surface area contributed by atoms with Crippen molar-refractivity contribution < 1.29 is 19.2 Å². The molecule has 1 aromatic carbocycles. The van der Waals surface area contributed by atoms with Crippen molar-refractivity contribution in [3.8, 4) is 5.75 Å². The summed E-state index contributed by atoms with van der Waals surface area (Å²) in [6.07, 6.45) is 0.356. The number of likely N-dealkylation sites (N-methyl/N-ethyl adjacent to an activating group) is 1. The fourth-order valence-corrected chi connectivity index (χ4v) is 1.80. The van der Waals surface area contributed by atoms with Crippen LogP contribution in [0.2, 0.25) is 5.02 Å². The predicted octanol–water partition coefficient (Wildman–Crippen LogP) is 2.17. The number of ether oxygens (including phenoxy) is 2. The van der Waals surface area contributed by atoms with E-state index in [1.165, 1.54) is 18.2 Å². The van der Waals surface area contributed by atoms with Crippen molar-refractivity contribution in [2.75, 3.05) is 20.3 Å². The van der Waals surface area contributed by atoms with Crippen LogP contribution in [-0.4, -0.2) is 37.2 Å². The van der Waals surface area contributed by atoms with Crippen molar-refractivity contribution in [1.29, 1.82) is 0 Å². The number of rotatable bonds is 8. The molecule has 1 N–H and O–H groups in total. The van der Waals surface area contributed by atoms with Gasteiger partial charge in [0.1, 0.15) is 11.8 Å². The molecular weight excluding hydrogens is 300 g/mol. The van der Waals surface area contributed by atoms with Crippen LogP contribution < -0.4 is 10.1 Å². The quantitative estimate of drug-likeness (QED) is 0.449. The van der Waals surface area contributed by atoms with Gasteiger partial charge in [0.15, 0.2) is 0 Å². The van der Waals surface area contributed by atoms with Gasteiger partial charge in [-0.05, 0) is 20.0 Å². The highest BCUT2D eigenvalue weighted by molar-refractivity contribution is 6.32. The van der Waals surface area contributed by atoms with Gasteiger partial charge >= 0.3 is 5.97 Å². The number of hydrogen-bond acceptors (Lipinski definition) is 6. The maximum Gasteiger partial charge on any atom is 0.323 e. The average molecular weight is 317 g/mol. The minimum atomic E-state index is -0.530. The van der Waals surface area contributed by atoms with Gasteiger partial charge in [0.25, 0.3) is 5.69 Å². The van der Waals surface area contributed by atoms with E-state index < -0.39 is 11.0 Å². The van der Waals surface area contributed by atoms with Crippen molar-refractivity contribution in [2.45, 2.75) is 19.4 Å². The molecule has 0 heterocycles. The Hall–Kier alpha value is -1.86. The number of carbonyl (C=O) groups excluding carboxylic acids is 1. The summed E-state index contributed by atoms with van der Waals surface area (Å²) in [7, 11) is 1.64. The molecular formula is C13H17ClN2O5. The molecule has 0 saturated heterocycles. The Kier molecular flexibility index (Phi) is 6.90. The first-order chi connectivity index (χ1) is 9.99. The van der Waals surface area contributed by atoms with Gasteiger partial charge in [-0.25, -0.2) is 0 Å². The maximum atomic E-state index is 11.6. The van der Waals surface area contributed by atoms with E-state index in [4.69, 9.17) is 21.1 Å². The van der Waals surface area contributed by atoms with Crippen LogP contribution in [0.3, 0.4) is 0 Å². The normalized spacial score (nSPS) is 11.8. The van der Waals surface area contributed by atoms with E-state index in [9.17, 15) is 14.9 Å². The third kappa shape index (κ3) is 5.20. The molecule has 1 unspecified atom stereocenters. The number of hydrogen-bond donors (Lipinski definition) is 1. The number of nitro groups is 1. The highest BCUT2D eigenvalue weighted by Crippen LogP contribution is 2.28. The molecule has 0 spiro atoms. The van der Waals surface area contributed by atoms with Gasteiger partial charge < -0.3 is 14.8 Å². The summed E-state index contributed by atoms with van der Waals surface area (Å²) >= 11 is 5.91. The van der Waals surface area contributed by atoms with Crippen LogP contribution in [0, 0.1) is 10.1 Å². The molecule has 116 valence electrons. The monoisotopic (exact) mass is 316 g/mol. The van der Waals surface area contributed by atoms with Gasteiger partial charge in [-0.15, -0.1) is 0 Å². The first kappa shape index (κ1) is 17.2. The van der Waals surface area contributed by atoms with Crippen LogP contribution in [0.25, 0.3) is 0 Å². The fourth-order valence-electron chi connectivity index (χ4n) is 1.63. The zero-order valence-electron chi connectivity index (χ0n) is 11.8. The molecule has 1 rings (SSSR count). The maximum absolute atomic E-state index is 11.6. The van der Waals surface area contributed by atoms with Gasteiger partial charge in [0.2, 0.25) is 0 Å². The molecule has 0 aliphatic carbocycles. The molecule has 1 atom stereocenters. The molecule has 8 heteroatoms. The predicted molar refractivity (Wildman–Crippen MR) is 77.7 cm³/mol. The second kappa shape index (κ2) is 8.43. The molecule has 0 radical (unpaired) electrons. The minimum absolute atomic E-state index is 0.107. The third-order valence-corrected chi connectivity index (χ3v) is 3.02. The second-order valence-electron chi connectivity index (χ2n) is 4.10. The largest absolute Gasteiger partial charge is 0.492 e. The molecule has 0 aliphatic heterocycles. The van der Waals surface area contributed by atoms with Crippen LogP contribution in [0.5, 0.6) is 5.75 Å². The SMILES string of the molecule is CCOC(=O)C(CCOc1cc([N+](=O)[O-])ccc1Cl)NC. The summed E-state index contributed by atoms with van der Waals surface area (Å²) in [5.41, 5.74) is -0.107. The van der Waals surface area contributed by atoms with Gasteiger partial charge in [-0.3, -0.25) is 14.9 Å². The summed E-state index contributed by atoms with van der Waals surface area (Å²) in [5.74, 6) is -0.154. The van der Waals surface area contributed by atoms with Gasteiger partial charge in [0.05, 0.1) is 29.2 Å². The second-order valence-corrected chi connectivity index (χ2v) is 4.51. The van der Waals surface area contributed by atoms with Crippen molar-refractivity contribution in [3.63, 3.8) is 0 Å². The summed E-state index contributed by atoms with van der Waals surface area (Å²) < 4.78 is 10.3. The van der Waals surface area contributed by atoms with Crippen LogP contribution in [0.15, 0.2) is 18.2 Å². The van der Waals surface area contributed by atoms with Gasteiger partial charge in [0, 0.05) is 12.5 Å². The topological polar surface area (TPSA) is 90.7 Å². The van der Waals surface area contributed by atoms with Crippen LogP contribution >= 0.6 is 11.6 Å². The third-order valence-electron chi connectivity index (χ3n) is 2.71. The Morgan fingerprint density at radius 3 is 2.81 bits per heavy atom. The van der Waals surface area contributed by atoms with E-state index in [2.05, 4.69) is 5.32 Å². The van der Waals surface area contributed by atoms with E-state index in [0.717, 1.165) is 0 Å². The lowest BCUT2D eigenvalue weighted by molar-refractivity contribution is -0.384. The number of nitro benzene ring substituents is 1.